The van der Waals surface area contributed by atoms with E-state index in [1.807, 2.05) is 11.3 Å². The van der Waals surface area contributed by atoms with E-state index in [0.717, 1.165) is 25.8 Å². The number of H-pyrrole nitrogens is 1. The molecule has 0 fully saturated rings. The molecule has 1 aromatic carbocycles. The molecule has 0 aliphatic rings. The number of unbranched alkanes of at least 4 members (excludes halogenated alkanes) is 1. The van der Waals surface area contributed by atoms with Gasteiger partial charge in [0, 0.05) is 10.9 Å². The first-order valence-corrected chi connectivity index (χ1v) is 8.03. The second-order valence-electron chi connectivity index (χ2n) is 5.20. The van der Waals surface area contributed by atoms with E-state index in [9.17, 15) is 0 Å². The Morgan fingerprint density at radius 3 is 2.75 bits per heavy atom. The van der Waals surface area contributed by atoms with Gasteiger partial charge in [0.2, 0.25) is 0 Å². The molecule has 2 heterocycles. The Labute approximate surface area is 123 Å². The monoisotopic (exact) mass is 284 g/mol. The third kappa shape index (κ3) is 2.39. The van der Waals surface area contributed by atoms with Crippen molar-refractivity contribution in [3.8, 4) is 10.6 Å². The van der Waals surface area contributed by atoms with Gasteiger partial charge in [-0.05, 0) is 61.4 Å². The number of hydrogen-bond donors (Lipinski definition) is 2. The average molecular weight is 284 g/mol. The largest absolute Gasteiger partial charge is 0.354 e. The smallest absolute Gasteiger partial charge is 0.0601 e. The Hall–Kier alpha value is -1.58. The number of fused-ring (bicyclic) bond motifs is 1. The minimum Gasteiger partial charge on any atom is -0.354 e. The number of aryl methyl sites for hydroxylation is 2. The van der Waals surface area contributed by atoms with E-state index in [0.29, 0.717) is 0 Å². The van der Waals surface area contributed by atoms with Crippen molar-refractivity contribution in [3.05, 3.63) is 46.8 Å². The van der Waals surface area contributed by atoms with Crippen molar-refractivity contribution < 1.29 is 0 Å². The van der Waals surface area contributed by atoms with E-state index >= 15 is 0 Å². The zero-order chi connectivity index (χ0) is 13.9. The van der Waals surface area contributed by atoms with Gasteiger partial charge in [0.25, 0.3) is 0 Å². The van der Waals surface area contributed by atoms with Crippen LogP contribution in [0.25, 0.3) is 21.5 Å². The lowest BCUT2D eigenvalue weighted by Crippen LogP contribution is -1.99. The molecule has 0 unspecified atom stereocenters. The van der Waals surface area contributed by atoms with Crippen molar-refractivity contribution in [1.29, 1.82) is 0 Å². The van der Waals surface area contributed by atoms with Crippen molar-refractivity contribution in [2.45, 2.75) is 26.2 Å². The van der Waals surface area contributed by atoms with Crippen LogP contribution in [0.15, 0.2) is 35.7 Å². The fraction of sp³-hybridized carbons (Fsp3) is 0.294. The van der Waals surface area contributed by atoms with Gasteiger partial charge in [0.05, 0.1) is 10.6 Å². The summed E-state index contributed by atoms with van der Waals surface area (Å²) in [7, 11) is 0. The van der Waals surface area contributed by atoms with Gasteiger partial charge in [-0.25, -0.2) is 0 Å². The van der Waals surface area contributed by atoms with Crippen molar-refractivity contribution >= 4 is 22.2 Å². The molecule has 0 saturated heterocycles. The Morgan fingerprint density at radius 1 is 1.15 bits per heavy atom. The first kappa shape index (κ1) is 13.4. The number of para-hydroxylation sites is 1. The van der Waals surface area contributed by atoms with Crippen LogP contribution in [0.1, 0.15) is 24.0 Å². The van der Waals surface area contributed by atoms with E-state index in [-0.39, 0.29) is 0 Å². The van der Waals surface area contributed by atoms with Crippen LogP contribution in [-0.4, -0.2) is 11.5 Å². The summed E-state index contributed by atoms with van der Waals surface area (Å²) in [4.78, 5) is 4.98. The Morgan fingerprint density at radius 2 is 2.00 bits per heavy atom. The molecule has 0 saturated carbocycles. The fourth-order valence-electron chi connectivity index (χ4n) is 2.73. The molecule has 0 amide bonds. The molecule has 3 rings (SSSR count). The fourth-order valence-corrected chi connectivity index (χ4v) is 3.68. The minimum absolute atomic E-state index is 0.774. The molecule has 2 nitrogen and oxygen atoms in total. The van der Waals surface area contributed by atoms with Crippen molar-refractivity contribution in [3.63, 3.8) is 0 Å². The quantitative estimate of drug-likeness (QED) is 0.666. The van der Waals surface area contributed by atoms with E-state index in [1.54, 1.807) is 0 Å². The standard InChI is InChI=1S/C17H20N2S/c1-12-9-11-20-17(12)16-14(7-4-5-10-18)13-6-2-3-8-15(13)19-16/h2-3,6,8-9,11,19H,4-5,7,10,18H2,1H3. The summed E-state index contributed by atoms with van der Waals surface area (Å²) in [5.41, 5.74) is 11.0. The first-order valence-electron chi connectivity index (χ1n) is 7.15. The highest BCUT2D eigenvalue weighted by molar-refractivity contribution is 7.13. The van der Waals surface area contributed by atoms with Crippen LogP contribution in [0.5, 0.6) is 0 Å². The topological polar surface area (TPSA) is 41.8 Å². The summed E-state index contributed by atoms with van der Waals surface area (Å²) >= 11 is 1.82. The summed E-state index contributed by atoms with van der Waals surface area (Å²) in [6.45, 7) is 2.96. The zero-order valence-electron chi connectivity index (χ0n) is 11.8. The highest BCUT2D eigenvalue weighted by atomic mass is 32.1. The molecular formula is C17H20N2S. The number of nitrogens with one attached hydrogen (secondary N) is 1. The lowest BCUT2D eigenvalue weighted by molar-refractivity contribution is 0.748. The molecular weight excluding hydrogens is 264 g/mol. The van der Waals surface area contributed by atoms with Crippen LogP contribution in [0.4, 0.5) is 0 Å². The number of rotatable bonds is 5. The number of benzene rings is 1. The maximum atomic E-state index is 5.63. The zero-order valence-corrected chi connectivity index (χ0v) is 12.6. The molecule has 3 heteroatoms. The molecule has 0 atom stereocenters. The molecule has 2 aromatic heterocycles. The Kier molecular flexibility index (Phi) is 3.90. The van der Waals surface area contributed by atoms with Gasteiger partial charge < -0.3 is 10.7 Å². The van der Waals surface area contributed by atoms with Gasteiger partial charge in [0.1, 0.15) is 0 Å². The van der Waals surface area contributed by atoms with Crippen molar-refractivity contribution in [2.75, 3.05) is 6.54 Å². The molecule has 0 bridgehead atoms. The third-order valence-electron chi connectivity index (χ3n) is 3.78. The van der Waals surface area contributed by atoms with Gasteiger partial charge in [-0.15, -0.1) is 11.3 Å². The van der Waals surface area contributed by atoms with Crippen LogP contribution in [-0.2, 0) is 6.42 Å². The van der Waals surface area contributed by atoms with E-state index in [1.165, 1.54) is 32.6 Å². The minimum atomic E-state index is 0.774. The summed E-state index contributed by atoms with van der Waals surface area (Å²) < 4.78 is 0. The highest BCUT2D eigenvalue weighted by Gasteiger charge is 2.14. The molecule has 0 radical (unpaired) electrons. The van der Waals surface area contributed by atoms with Gasteiger partial charge in [-0.2, -0.15) is 0 Å². The number of hydrogen-bond acceptors (Lipinski definition) is 2. The van der Waals surface area contributed by atoms with Gasteiger partial charge in [0.15, 0.2) is 0 Å². The lowest BCUT2D eigenvalue weighted by Gasteiger charge is -2.04. The summed E-state index contributed by atoms with van der Waals surface area (Å²) in [5.74, 6) is 0. The second kappa shape index (κ2) is 5.81. The molecule has 20 heavy (non-hydrogen) atoms. The van der Waals surface area contributed by atoms with Gasteiger partial charge in [-0.1, -0.05) is 18.2 Å². The van der Waals surface area contributed by atoms with Crippen LogP contribution in [0.3, 0.4) is 0 Å². The number of aromatic amines is 1. The molecule has 0 aliphatic heterocycles. The van der Waals surface area contributed by atoms with Crippen LogP contribution in [0, 0.1) is 6.92 Å². The summed E-state index contributed by atoms with van der Waals surface area (Å²) in [6, 6.07) is 10.8. The summed E-state index contributed by atoms with van der Waals surface area (Å²) in [6.07, 6.45) is 3.33. The van der Waals surface area contributed by atoms with Gasteiger partial charge >= 0.3 is 0 Å². The Bertz CT molecular complexity index is 709. The van der Waals surface area contributed by atoms with Crippen LogP contribution in [0.2, 0.25) is 0 Å². The second-order valence-corrected chi connectivity index (χ2v) is 6.12. The third-order valence-corrected chi connectivity index (χ3v) is 4.82. The molecule has 0 aliphatic carbocycles. The lowest BCUT2D eigenvalue weighted by atomic mass is 10.0. The van der Waals surface area contributed by atoms with E-state index in [2.05, 4.69) is 47.6 Å². The van der Waals surface area contributed by atoms with Crippen molar-refractivity contribution in [1.82, 2.24) is 4.98 Å². The number of aromatic nitrogens is 1. The number of nitrogens with two attached hydrogens (primary N) is 1. The van der Waals surface area contributed by atoms with Gasteiger partial charge in [-0.3, -0.25) is 0 Å². The molecule has 3 aromatic rings. The highest BCUT2D eigenvalue weighted by Crippen LogP contribution is 2.36. The normalized spacial score (nSPS) is 11.3. The van der Waals surface area contributed by atoms with Crippen LogP contribution < -0.4 is 5.73 Å². The predicted molar refractivity (Wildman–Crippen MR) is 88.3 cm³/mol. The Balaban J connectivity index is 2.10. The number of thiophene rings is 1. The maximum Gasteiger partial charge on any atom is 0.0601 e. The average Bonchev–Trinajstić information content (AvgIpc) is 3.03. The van der Waals surface area contributed by atoms with Crippen molar-refractivity contribution in [2.24, 2.45) is 5.73 Å². The molecule has 3 N–H and O–H groups in total. The van der Waals surface area contributed by atoms with E-state index in [4.69, 9.17) is 5.73 Å². The summed E-state index contributed by atoms with van der Waals surface area (Å²) in [5, 5.41) is 3.52. The maximum absolute atomic E-state index is 5.63. The molecule has 104 valence electrons. The van der Waals surface area contributed by atoms with E-state index < -0.39 is 0 Å². The predicted octanol–water partition coefficient (Wildman–Crippen LogP) is 4.49. The molecule has 0 spiro atoms. The first-order chi connectivity index (χ1) is 9.81. The SMILES string of the molecule is Cc1ccsc1-c1[nH]c2ccccc2c1CCCCN. The van der Waals surface area contributed by atoms with Crippen LogP contribution >= 0.6 is 11.3 Å².